The van der Waals surface area contributed by atoms with E-state index in [9.17, 15) is 9.59 Å². The third-order valence-electron chi connectivity index (χ3n) is 4.70. The second-order valence-electron chi connectivity index (χ2n) is 6.44. The minimum atomic E-state index is -0.283. The Bertz CT molecular complexity index is 1310. The smallest absolute Gasteiger partial charge is 0.305 e. The van der Waals surface area contributed by atoms with E-state index in [4.69, 9.17) is 0 Å². The molecule has 0 aliphatic carbocycles. The van der Waals surface area contributed by atoms with Crippen LogP contribution in [0.5, 0.6) is 0 Å². The number of aryl methyl sites for hydroxylation is 2. The second-order valence-corrected chi connectivity index (χ2v) is 7.64. The van der Waals surface area contributed by atoms with Crippen molar-refractivity contribution in [1.82, 2.24) is 19.7 Å². The van der Waals surface area contributed by atoms with E-state index in [0.29, 0.717) is 17.1 Å². The maximum atomic E-state index is 13.0. The normalized spacial score (nSPS) is 13.1. The summed E-state index contributed by atoms with van der Waals surface area (Å²) >= 11 is 1.54. The maximum Gasteiger partial charge on any atom is 0.331 e. The Kier molecular flexibility index (Phi) is 3.53. The molecule has 1 aliphatic heterocycles. The Morgan fingerprint density at radius 2 is 1.96 bits per heavy atom. The summed E-state index contributed by atoms with van der Waals surface area (Å²) in [6, 6.07) is 6.41. The Hall–Kier alpha value is -3.59. The number of thiophene rings is 1. The molecule has 138 valence electrons. The van der Waals surface area contributed by atoms with Gasteiger partial charge in [-0.25, -0.2) is 9.78 Å². The van der Waals surface area contributed by atoms with Crippen molar-refractivity contribution >= 4 is 44.6 Å². The molecular weight excluding hydrogens is 376 g/mol. The molecule has 0 saturated carbocycles. The predicted octanol–water partition coefficient (Wildman–Crippen LogP) is 3.54. The van der Waals surface area contributed by atoms with Gasteiger partial charge in [-0.3, -0.25) is 14.3 Å². The summed E-state index contributed by atoms with van der Waals surface area (Å²) in [6.07, 6.45) is 4.85. The molecule has 0 aromatic carbocycles. The van der Waals surface area contributed by atoms with Crippen molar-refractivity contribution in [2.24, 2.45) is 0 Å². The first-order chi connectivity index (χ1) is 13.5. The third-order valence-corrected chi connectivity index (χ3v) is 5.71. The number of amides is 2. The monoisotopic (exact) mass is 390 g/mol. The number of aromatic nitrogens is 4. The van der Waals surface area contributed by atoms with Crippen molar-refractivity contribution in [3.8, 4) is 5.82 Å². The van der Waals surface area contributed by atoms with Crippen molar-refractivity contribution in [2.45, 2.75) is 13.8 Å². The van der Waals surface area contributed by atoms with Crippen molar-refractivity contribution in [1.29, 1.82) is 0 Å². The molecule has 4 aromatic heterocycles. The molecule has 0 fully saturated rings. The number of hydrogen-bond donors (Lipinski definition) is 1. The number of anilines is 3. The van der Waals surface area contributed by atoms with E-state index in [1.807, 2.05) is 13.0 Å². The molecule has 28 heavy (non-hydrogen) atoms. The average Bonchev–Trinajstić information content (AvgIpc) is 3.00. The number of urea groups is 1. The molecule has 2 amide bonds. The summed E-state index contributed by atoms with van der Waals surface area (Å²) in [4.78, 5) is 33.4. The third kappa shape index (κ3) is 2.33. The highest BCUT2D eigenvalue weighted by Crippen LogP contribution is 2.45. The van der Waals surface area contributed by atoms with Crippen LogP contribution in [-0.2, 0) is 0 Å². The Balaban J connectivity index is 1.77. The number of nitrogens with zero attached hydrogens (tertiary/aromatic N) is 5. The van der Waals surface area contributed by atoms with Crippen LogP contribution in [0, 0.1) is 13.8 Å². The molecule has 0 unspecified atom stereocenters. The van der Waals surface area contributed by atoms with Gasteiger partial charge in [0.1, 0.15) is 4.83 Å². The van der Waals surface area contributed by atoms with E-state index < -0.39 is 0 Å². The zero-order valence-electron chi connectivity index (χ0n) is 15.0. The van der Waals surface area contributed by atoms with Crippen LogP contribution in [-0.4, -0.2) is 25.8 Å². The van der Waals surface area contributed by atoms with Gasteiger partial charge < -0.3 is 5.32 Å². The summed E-state index contributed by atoms with van der Waals surface area (Å²) in [5, 5.41) is 11.7. The van der Waals surface area contributed by atoms with Crippen LogP contribution in [0.15, 0.2) is 47.7 Å². The SMILES string of the molecule is Cc1cc(=O)n(-c2cccnn2)cc1N1C(=O)Nc2c(C)sc3nccc1c23. The largest absolute Gasteiger partial charge is 0.331 e. The summed E-state index contributed by atoms with van der Waals surface area (Å²) < 4.78 is 1.38. The Morgan fingerprint density at radius 1 is 1.11 bits per heavy atom. The molecule has 0 bridgehead atoms. The molecular formula is C19H14N6O2S. The summed E-state index contributed by atoms with van der Waals surface area (Å²) in [7, 11) is 0. The fourth-order valence-corrected chi connectivity index (χ4v) is 4.38. The molecule has 9 heteroatoms. The first-order valence-electron chi connectivity index (χ1n) is 8.55. The first-order valence-corrected chi connectivity index (χ1v) is 9.37. The topological polar surface area (TPSA) is 93.0 Å². The molecule has 8 nitrogen and oxygen atoms in total. The maximum absolute atomic E-state index is 13.0. The van der Waals surface area contributed by atoms with Crippen molar-refractivity contribution in [2.75, 3.05) is 10.2 Å². The van der Waals surface area contributed by atoms with E-state index in [2.05, 4.69) is 20.5 Å². The van der Waals surface area contributed by atoms with E-state index >= 15 is 0 Å². The van der Waals surface area contributed by atoms with Crippen LogP contribution >= 0.6 is 11.3 Å². The zero-order valence-corrected chi connectivity index (χ0v) is 15.8. The lowest BCUT2D eigenvalue weighted by atomic mass is 10.1. The summed E-state index contributed by atoms with van der Waals surface area (Å²) in [5.41, 5.74) is 2.56. The standard InChI is InChI=1S/C19H14N6O2S/c1-10-8-15(26)24(14-4-3-6-21-23-14)9-13(10)25-12-5-7-20-18-16(12)17(11(2)28-18)22-19(25)27/h3-9H,1-2H3,(H,22,27). The van der Waals surface area contributed by atoms with Gasteiger partial charge in [0.2, 0.25) is 0 Å². The molecule has 0 atom stereocenters. The molecule has 0 saturated heterocycles. The van der Waals surface area contributed by atoms with Gasteiger partial charge in [0.15, 0.2) is 5.82 Å². The van der Waals surface area contributed by atoms with E-state index in [-0.39, 0.29) is 11.6 Å². The quantitative estimate of drug-likeness (QED) is 0.565. The Morgan fingerprint density at radius 3 is 2.75 bits per heavy atom. The molecule has 5 heterocycles. The van der Waals surface area contributed by atoms with Crippen LogP contribution in [0.2, 0.25) is 0 Å². The molecule has 1 aliphatic rings. The lowest BCUT2D eigenvalue weighted by Gasteiger charge is -2.29. The number of rotatable bonds is 2. The fraction of sp³-hybridized carbons (Fsp3) is 0.105. The van der Waals surface area contributed by atoms with E-state index in [1.165, 1.54) is 28.2 Å². The van der Waals surface area contributed by atoms with Gasteiger partial charge in [0, 0.05) is 29.5 Å². The van der Waals surface area contributed by atoms with Crippen molar-refractivity contribution < 1.29 is 4.79 Å². The van der Waals surface area contributed by atoms with Gasteiger partial charge in [0.25, 0.3) is 5.56 Å². The van der Waals surface area contributed by atoms with E-state index in [1.54, 1.807) is 36.4 Å². The van der Waals surface area contributed by atoms with E-state index in [0.717, 1.165) is 26.5 Å². The van der Waals surface area contributed by atoms with Gasteiger partial charge in [-0.2, -0.15) is 5.10 Å². The van der Waals surface area contributed by atoms with Gasteiger partial charge in [-0.05, 0) is 37.6 Å². The zero-order chi connectivity index (χ0) is 19.4. The molecule has 4 aromatic rings. The number of carbonyl (C=O) groups excluding carboxylic acids is 1. The Labute approximate surface area is 163 Å². The van der Waals surface area contributed by atoms with Crippen LogP contribution in [0.25, 0.3) is 16.0 Å². The van der Waals surface area contributed by atoms with Crippen molar-refractivity contribution in [3.05, 3.63) is 63.7 Å². The van der Waals surface area contributed by atoms with Gasteiger partial charge in [-0.1, -0.05) is 0 Å². The molecule has 5 rings (SSSR count). The number of hydrogen-bond acceptors (Lipinski definition) is 6. The first kappa shape index (κ1) is 16.6. The minimum Gasteiger partial charge on any atom is -0.305 e. The van der Waals surface area contributed by atoms with Gasteiger partial charge >= 0.3 is 6.03 Å². The molecule has 0 radical (unpaired) electrons. The highest BCUT2D eigenvalue weighted by atomic mass is 32.1. The lowest BCUT2D eigenvalue weighted by molar-refractivity contribution is 0.258. The lowest BCUT2D eigenvalue weighted by Crippen LogP contribution is -2.35. The molecule has 0 spiro atoms. The highest BCUT2D eigenvalue weighted by molar-refractivity contribution is 7.19. The summed E-state index contributed by atoms with van der Waals surface area (Å²) in [6.45, 7) is 3.76. The fourth-order valence-electron chi connectivity index (χ4n) is 3.42. The van der Waals surface area contributed by atoms with Crippen LogP contribution < -0.4 is 15.8 Å². The predicted molar refractivity (Wildman–Crippen MR) is 108 cm³/mol. The average molecular weight is 390 g/mol. The number of nitrogens with one attached hydrogen (secondary N) is 1. The molecule has 1 N–H and O–H groups in total. The van der Waals surface area contributed by atoms with Gasteiger partial charge in [0.05, 0.1) is 22.4 Å². The van der Waals surface area contributed by atoms with Gasteiger partial charge in [-0.15, -0.1) is 16.4 Å². The number of carbonyl (C=O) groups is 1. The summed E-state index contributed by atoms with van der Waals surface area (Å²) in [5.74, 6) is 0.387. The van der Waals surface area contributed by atoms with Crippen LogP contribution in [0.3, 0.4) is 0 Å². The number of pyridine rings is 2. The highest BCUT2D eigenvalue weighted by Gasteiger charge is 2.31. The van der Waals surface area contributed by atoms with Crippen LogP contribution in [0.1, 0.15) is 10.4 Å². The van der Waals surface area contributed by atoms with Crippen LogP contribution in [0.4, 0.5) is 21.9 Å². The van der Waals surface area contributed by atoms with Crippen molar-refractivity contribution in [3.63, 3.8) is 0 Å². The minimum absolute atomic E-state index is 0.244. The second kappa shape index (κ2) is 5.96.